The summed E-state index contributed by atoms with van der Waals surface area (Å²) in [5, 5.41) is 0. The number of aryl methyl sites for hydroxylation is 2. The molecule has 0 saturated heterocycles. The summed E-state index contributed by atoms with van der Waals surface area (Å²) in [5.74, 6) is 1.75. The molecule has 0 amide bonds. The first-order chi connectivity index (χ1) is 13.0. The Hall–Kier alpha value is -2.01. The number of carbonyl (C=O) groups is 1. The normalized spacial score (nSPS) is 10.5. The molecule has 0 atom stereocenters. The summed E-state index contributed by atoms with van der Waals surface area (Å²) in [6.07, 6.45) is 2.97. The Morgan fingerprint density at radius 1 is 1.00 bits per heavy atom. The fourth-order valence-corrected chi connectivity index (χ4v) is 3.10. The molecule has 0 aliphatic carbocycles. The van der Waals surface area contributed by atoms with Gasteiger partial charge in [0.1, 0.15) is 5.75 Å². The zero-order valence-corrected chi connectivity index (χ0v) is 17.8. The van der Waals surface area contributed by atoms with Gasteiger partial charge in [-0.2, -0.15) is 0 Å². The Kier molecular flexibility index (Phi) is 8.65. The van der Waals surface area contributed by atoms with Gasteiger partial charge in [0.25, 0.3) is 0 Å². The Bertz CT molecular complexity index is 758. The smallest absolute Gasteiger partial charge is 0.311 e. The average Bonchev–Trinajstić information content (AvgIpc) is 2.64. The molecule has 2 aromatic carbocycles. The predicted octanol–water partition coefficient (Wildman–Crippen LogP) is 5.87. The summed E-state index contributed by atoms with van der Waals surface area (Å²) in [5.41, 5.74) is 2.12. The van der Waals surface area contributed by atoms with Crippen molar-refractivity contribution in [3.63, 3.8) is 0 Å². The van der Waals surface area contributed by atoms with Crippen molar-refractivity contribution in [1.82, 2.24) is 0 Å². The van der Waals surface area contributed by atoms with Gasteiger partial charge in [-0.3, -0.25) is 4.79 Å². The van der Waals surface area contributed by atoms with E-state index in [-0.39, 0.29) is 5.97 Å². The van der Waals surface area contributed by atoms with E-state index < -0.39 is 0 Å². The number of rotatable bonds is 10. The fraction of sp³-hybridized carbons (Fsp3) is 0.409. The Morgan fingerprint density at radius 2 is 1.78 bits per heavy atom. The molecular weight excluding hydrogens is 408 g/mol. The van der Waals surface area contributed by atoms with Gasteiger partial charge in [0.2, 0.25) is 0 Å². The van der Waals surface area contributed by atoms with Crippen LogP contribution in [-0.2, 0) is 11.2 Å². The summed E-state index contributed by atoms with van der Waals surface area (Å²) in [4.78, 5) is 12.2. The van der Waals surface area contributed by atoms with Crippen LogP contribution in [0.5, 0.6) is 17.2 Å². The van der Waals surface area contributed by atoms with Gasteiger partial charge in [-0.05, 0) is 78.0 Å². The van der Waals surface area contributed by atoms with Crippen LogP contribution >= 0.6 is 15.9 Å². The summed E-state index contributed by atoms with van der Waals surface area (Å²) >= 11 is 3.42. The van der Waals surface area contributed by atoms with Crippen LogP contribution in [0.1, 0.15) is 44.2 Å². The lowest BCUT2D eigenvalue weighted by Crippen LogP contribution is -2.09. The van der Waals surface area contributed by atoms with Crippen molar-refractivity contribution < 1.29 is 19.0 Å². The monoisotopic (exact) mass is 434 g/mol. The van der Waals surface area contributed by atoms with Gasteiger partial charge in [0, 0.05) is 6.42 Å². The second-order valence-corrected chi connectivity index (χ2v) is 7.18. The van der Waals surface area contributed by atoms with Gasteiger partial charge in [0.15, 0.2) is 11.5 Å². The predicted molar refractivity (Wildman–Crippen MR) is 111 cm³/mol. The van der Waals surface area contributed by atoms with E-state index in [1.54, 1.807) is 6.07 Å². The molecule has 0 aromatic heterocycles. The summed E-state index contributed by atoms with van der Waals surface area (Å²) in [6, 6.07) is 11.5. The zero-order chi connectivity index (χ0) is 19.6. The maximum Gasteiger partial charge on any atom is 0.311 e. The molecule has 146 valence electrons. The molecule has 0 N–H and O–H groups in total. The molecule has 5 heteroatoms. The number of ether oxygens (including phenoxy) is 3. The molecule has 0 heterocycles. The quantitative estimate of drug-likeness (QED) is 0.266. The van der Waals surface area contributed by atoms with Crippen LogP contribution in [0.15, 0.2) is 40.9 Å². The van der Waals surface area contributed by atoms with Crippen molar-refractivity contribution in [2.75, 3.05) is 13.2 Å². The number of esters is 1. The van der Waals surface area contributed by atoms with E-state index in [0.717, 1.165) is 39.9 Å². The van der Waals surface area contributed by atoms with Gasteiger partial charge < -0.3 is 14.2 Å². The second-order valence-electron chi connectivity index (χ2n) is 6.32. The van der Waals surface area contributed by atoms with Crippen molar-refractivity contribution in [3.8, 4) is 17.2 Å². The number of unbranched alkanes of at least 4 members (excludes halogenated alkanes) is 1. The molecule has 0 saturated carbocycles. The molecule has 0 spiro atoms. The van der Waals surface area contributed by atoms with E-state index in [4.69, 9.17) is 14.2 Å². The van der Waals surface area contributed by atoms with Crippen molar-refractivity contribution in [1.29, 1.82) is 0 Å². The molecule has 2 rings (SSSR count). The highest BCUT2D eigenvalue weighted by Crippen LogP contribution is 2.30. The van der Waals surface area contributed by atoms with Gasteiger partial charge in [-0.15, -0.1) is 0 Å². The number of hydrogen-bond donors (Lipinski definition) is 0. The Morgan fingerprint density at radius 3 is 2.48 bits per heavy atom. The highest BCUT2D eigenvalue weighted by molar-refractivity contribution is 9.10. The van der Waals surface area contributed by atoms with Crippen LogP contribution in [0, 0.1) is 6.92 Å². The van der Waals surface area contributed by atoms with Crippen LogP contribution in [0.25, 0.3) is 0 Å². The first kappa shape index (κ1) is 21.3. The molecule has 27 heavy (non-hydrogen) atoms. The lowest BCUT2D eigenvalue weighted by atomic mass is 10.1. The Labute approximate surface area is 170 Å². The third kappa shape index (κ3) is 6.90. The molecule has 0 aliphatic heterocycles. The molecule has 0 unspecified atom stereocenters. The minimum Gasteiger partial charge on any atom is -0.490 e. The summed E-state index contributed by atoms with van der Waals surface area (Å²) < 4.78 is 17.7. The van der Waals surface area contributed by atoms with Gasteiger partial charge in [-0.1, -0.05) is 25.5 Å². The first-order valence-corrected chi connectivity index (χ1v) is 10.2. The topological polar surface area (TPSA) is 44.8 Å². The van der Waals surface area contributed by atoms with E-state index in [2.05, 4.69) is 22.9 Å². The largest absolute Gasteiger partial charge is 0.490 e. The van der Waals surface area contributed by atoms with E-state index in [0.29, 0.717) is 31.8 Å². The van der Waals surface area contributed by atoms with Crippen LogP contribution in [0.4, 0.5) is 0 Å². The van der Waals surface area contributed by atoms with Crippen LogP contribution in [0.2, 0.25) is 0 Å². The molecule has 0 fully saturated rings. The van der Waals surface area contributed by atoms with Crippen LogP contribution < -0.4 is 14.2 Å². The third-order valence-corrected chi connectivity index (χ3v) is 4.61. The minimum atomic E-state index is -0.263. The van der Waals surface area contributed by atoms with Gasteiger partial charge in [-0.25, -0.2) is 0 Å². The van der Waals surface area contributed by atoms with Crippen molar-refractivity contribution >= 4 is 21.9 Å². The minimum absolute atomic E-state index is 0.263. The zero-order valence-electron chi connectivity index (χ0n) is 16.2. The fourth-order valence-electron chi connectivity index (χ4n) is 2.53. The maximum atomic E-state index is 12.2. The van der Waals surface area contributed by atoms with Gasteiger partial charge >= 0.3 is 5.97 Å². The van der Waals surface area contributed by atoms with Crippen molar-refractivity contribution in [2.24, 2.45) is 0 Å². The second kappa shape index (κ2) is 11.0. The maximum absolute atomic E-state index is 12.2. The van der Waals surface area contributed by atoms with E-state index in [9.17, 15) is 4.79 Å². The number of carbonyl (C=O) groups excluding carboxylic acids is 1. The van der Waals surface area contributed by atoms with Crippen molar-refractivity contribution in [3.05, 3.63) is 52.0 Å². The molecule has 0 radical (unpaired) electrons. The molecule has 4 nitrogen and oxygen atoms in total. The van der Waals surface area contributed by atoms with E-state index in [1.807, 2.05) is 44.2 Å². The molecule has 0 bridgehead atoms. The number of benzene rings is 2. The van der Waals surface area contributed by atoms with E-state index in [1.165, 1.54) is 0 Å². The highest BCUT2D eigenvalue weighted by atomic mass is 79.9. The average molecular weight is 435 g/mol. The van der Waals surface area contributed by atoms with Crippen LogP contribution in [0.3, 0.4) is 0 Å². The molecular formula is C22H27BrO4. The lowest BCUT2D eigenvalue weighted by molar-refractivity contribution is -0.134. The van der Waals surface area contributed by atoms with Crippen LogP contribution in [-0.4, -0.2) is 19.2 Å². The summed E-state index contributed by atoms with van der Waals surface area (Å²) in [6.45, 7) is 7.30. The van der Waals surface area contributed by atoms with Crippen molar-refractivity contribution in [2.45, 2.75) is 46.5 Å². The number of halogens is 1. The van der Waals surface area contributed by atoms with Gasteiger partial charge in [0.05, 0.1) is 17.7 Å². The van der Waals surface area contributed by atoms with E-state index >= 15 is 0 Å². The third-order valence-electron chi connectivity index (χ3n) is 3.99. The molecule has 2 aromatic rings. The highest BCUT2D eigenvalue weighted by Gasteiger charge is 2.11. The number of hydrogen-bond acceptors (Lipinski definition) is 4. The lowest BCUT2D eigenvalue weighted by Gasteiger charge is -2.13. The summed E-state index contributed by atoms with van der Waals surface area (Å²) in [7, 11) is 0. The molecule has 0 aliphatic rings. The Balaban J connectivity index is 1.95. The standard InChI is InChI=1S/C22H27BrO4/c1-4-6-13-26-20-11-8-17(15-21(20)25-5-2)9-12-22(24)27-19-10-7-16(3)14-18(19)23/h7-8,10-11,14-15H,4-6,9,12-13H2,1-3H3. The first-order valence-electron chi connectivity index (χ1n) is 9.38. The SMILES string of the molecule is CCCCOc1ccc(CCC(=O)Oc2ccc(C)cc2Br)cc1OCC.